The molecule has 0 N–H and O–H groups in total. The molecule has 66 heavy (non-hydrogen) atoms. The molecule has 0 aliphatic carbocycles. The molecule has 14 aromatic rings. The standard InChI is InChI=1S/C61H38N4S/c66-61(39-29-31-55-47(33-39)51-35-49-45-25-13-15-27-53(45)62(41-17-5-1-6-18-41)57(49)37-59(51)64(55)43-21-9-3-10-22-43)40-30-32-56-48(34-40)52-36-50-46-26-14-16-28-54(46)63(42-19-7-2-8-20-42)58(50)38-60(52)65(56)44-23-11-4-12-24-44/h1-38H. The van der Waals surface area contributed by atoms with Gasteiger partial charge in [0.1, 0.15) is 0 Å². The summed E-state index contributed by atoms with van der Waals surface area (Å²) in [5.74, 6) is 0. The van der Waals surface area contributed by atoms with Crippen LogP contribution in [0.4, 0.5) is 0 Å². The third-order valence-electron chi connectivity index (χ3n) is 13.7. The molecular formula is C61H38N4S. The van der Waals surface area contributed by atoms with Crippen molar-refractivity contribution >= 4 is 104 Å². The van der Waals surface area contributed by atoms with Gasteiger partial charge in [-0.1, -0.05) is 134 Å². The van der Waals surface area contributed by atoms with Gasteiger partial charge < -0.3 is 18.3 Å². The van der Waals surface area contributed by atoms with Gasteiger partial charge in [0, 0.05) is 65.8 Å². The number of fused-ring (bicyclic) bond motifs is 12. The van der Waals surface area contributed by atoms with E-state index in [0.717, 1.165) is 60.8 Å². The molecule has 308 valence electrons. The molecule has 4 nitrogen and oxygen atoms in total. The van der Waals surface area contributed by atoms with Crippen LogP contribution in [0.15, 0.2) is 231 Å². The summed E-state index contributed by atoms with van der Waals surface area (Å²) in [7, 11) is 0. The highest BCUT2D eigenvalue weighted by Crippen LogP contribution is 2.42. The second-order valence-electron chi connectivity index (χ2n) is 17.3. The minimum atomic E-state index is 0.823. The van der Waals surface area contributed by atoms with Crippen molar-refractivity contribution in [1.29, 1.82) is 0 Å². The Morgan fingerprint density at radius 2 is 0.500 bits per heavy atom. The van der Waals surface area contributed by atoms with Gasteiger partial charge in [-0.25, -0.2) is 0 Å². The molecule has 5 heteroatoms. The van der Waals surface area contributed by atoms with E-state index in [0.29, 0.717) is 0 Å². The summed E-state index contributed by atoms with van der Waals surface area (Å²) in [5.41, 5.74) is 15.9. The van der Waals surface area contributed by atoms with E-state index in [1.807, 2.05) is 0 Å². The van der Waals surface area contributed by atoms with Crippen LogP contribution in [0.1, 0.15) is 11.1 Å². The van der Waals surface area contributed by atoms with E-state index in [4.69, 9.17) is 12.2 Å². The fourth-order valence-corrected chi connectivity index (χ4v) is 11.1. The van der Waals surface area contributed by atoms with Crippen LogP contribution in [-0.2, 0) is 0 Å². The average molecular weight is 859 g/mol. The van der Waals surface area contributed by atoms with Crippen molar-refractivity contribution in [2.75, 3.05) is 0 Å². The monoisotopic (exact) mass is 858 g/mol. The molecule has 0 unspecified atom stereocenters. The summed E-state index contributed by atoms with van der Waals surface area (Å²) >= 11 is 6.53. The molecule has 0 fully saturated rings. The molecule has 14 rings (SSSR count). The van der Waals surface area contributed by atoms with Crippen molar-refractivity contribution < 1.29 is 0 Å². The molecule has 4 heterocycles. The van der Waals surface area contributed by atoms with E-state index < -0.39 is 0 Å². The molecule has 4 aromatic heterocycles. The highest BCUT2D eigenvalue weighted by molar-refractivity contribution is 7.81. The summed E-state index contributed by atoms with van der Waals surface area (Å²) < 4.78 is 9.61. The molecule has 0 saturated carbocycles. The highest BCUT2D eigenvalue weighted by atomic mass is 32.1. The van der Waals surface area contributed by atoms with Crippen LogP contribution >= 0.6 is 12.2 Å². The van der Waals surface area contributed by atoms with Gasteiger partial charge >= 0.3 is 0 Å². The average Bonchev–Trinajstić information content (AvgIpc) is 4.09. The minimum absolute atomic E-state index is 0.823. The molecular weight excluding hydrogens is 821 g/mol. The van der Waals surface area contributed by atoms with Crippen molar-refractivity contribution in [2.24, 2.45) is 0 Å². The van der Waals surface area contributed by atoms with Gasteiger partial charge in [0.25, 0.3) is 0 Å². The van der Waals surface area contributed by atoms with Gasteiger partial charge in [0.15, 0.2) is 0 Å². The third-order valence-corrected chi connectivity index (χ3v) is 14.2. The van der Waals surface area contributed by atoms with E-state index in [-0.39, 0.29) is 0 Å². The van der Waals surface area contributed by atoms with Gasteiger partial charge in [0.05, 0.1) is 49.0 Å². The van der Waals surface area contributed by atoms with Gasteiger partial charge in [0.2, 0.25) is 0 Å². The van der Waals surface area contributed by atoms with Crippen molar-refractivity contribution in [3.05, 3.63) is 242 Å². The Labute approximate surface area is 385 Å². The smallest absolute Gasteiger partial charge is 0.0562 e. The number of nitrogens with zero attached hydrogens (tertiary/aromatic N) is 4. The molecule has 10 aromatic carbocycles. The Morgan fingerprint density at radius 1 is 0.227 bits per heavy atom. The molecule has 0 aliphatic rings. The fraction of sp³-hybridized carbons (Fsp3) is 0. The number of rotatable bonds is 6. The van der Waals surface area contributed by atoms with Crippen molar-refractivity contribution in [3.63, 3.8) is 0 Å². The first-order valence-corrected chi connectivity index (χ1v) is 22.9. The fourth-order valence-electron chi connectivity index (χ4n) is 10.8. The molecule has 0 radical (unpaired) electrons. The predicted molar refractivity (Wildman–Crippen MR) is 281 cm³/mol. The maximum atomic E-state index is 6.53. The largest absolute Gasteiger partial charge is 0.309 e. The number of para-hydroxylation sites is 6. The van der Waals surface area contributed by atoms with Crippen LogP contribution in [0.3, 0.4) is 0 Å². The zero-order chi connectivity index (χ0) is 43.5. The van der Waals surface area contributed by atoms with Crippen LogP contribution in [0.5, 0.6) is 0 Å². The Morgan fingerprint density at radius 3 is 0.848 bits per heavy atom. The second kappa shape index (κ2) is 14.2. The SMILES string of the molecule is S=C(c1ccc2c(c1)c1cc3c4ccccc4n(-c4ccccc4)c3cc1n2-c1ccccc1)c1ccc2c(c1)c1cc3c4ccccc4n(-c4ccccc4)c3cc1n2-c1ccccc1. The lowest BCUT2D eigenvalue weighted by Gasteiger charge is -2.10. The summed E-state index contributed by atoms with van der Waals surface area (Å²) in [6.45, 7) is 0. The topological polar surface area (TPSA) is 19.7 Å². The van der Waals surface area contributed by atoms with E-state index >= 15 is 0 Å². The zero-order valence-electron chi connectivity index (χ0n) is 35.6. The van der Waals surface area contributed by atoms with Crippen LogP contribution in [-0.4, -0.2) is 23.1 Å². The van der Waals surface area contributed by atoms with Gasteiger partial charge in [-0.05, 0) is 120 Å². The van der Waals surface area contributed by atoms with Gasteiger partial charge in [-0.15, -0.1) is 0 Å². The Balaban J connectivity index is 0.987. The first kappa shape index (κ1) is 36.9. The molecule has 0 saturated heterocycles. The molecule has 0 atom stereocenters. The van der Waals surface area contributed by atoms with E-state index in [1.54, 1.807) is 0 Å². The predicted octanol–water partition coefficient (Wildman–Crippen LogP) is 15.8. The van der Waals surface area contributed by atoms with Crippen LogP contribution in [0.2, 0.25) is 0 Å². The van der Waals surface area contributed by atoms with Crippen LogP contribution in [0, 0.1) is 0 Å². The van der Waals surface area contributed by atoms with Crippen molar-refractivity contribution in [2.45, 2.75) is 0 Å². The number of aromatic nitrogens is 4. The zero-order valence-corrected chi connectivity index (χ0v) is 36.5. The van der Waals surface area contributed by atoms with Crippen LogP contribution < -0.4 is 0 Å². The first-order chi connectivity index (χ1) is 32.7. The summed E-state index contributed by atoms with van der Waals surface area (Å²) in [4.78, 5) is 0.823. The highest BCUT2D eigenvalue weighted by Gasteiger charge is 2.22. The first-order valence-electron chi connectivity index (χ1n) is 22.5. The molecule has 0 amide bonds. The van der Waals surface area contributed by atoms with E-state index in [9.17, 15) is 0 Å². The summed E-state index contributed by atoms with van der Waals surface area (Å²) in [6.07, 6.45) is 0. The second-order valence-corrected chi connectivity index (χ2v) is 17.7. The Kier molecular flexibility index (Phi) is 7.97. The lowest BCUT2D eigenvalue weighted by Crippen LogP contribution is -2.00. The quantitative estimate of drug-likeness (QED) is 0.120. The number of benzene rings is 10. The number of thiocarbonyl (C=S) groups is 1. The maximum absolute atomic E-state index is 6.53. The maximum Gasteiger partial charge on any atom is 0.0562 e. The third kappa shape index (κ3) is 5.35. The molecule has 0 bridgehead atoms. The minimum Gasteiger partial charge on any atom is -0.309 e. The lowest BCUT2D eigenvalue weighted by molar-refractivity contribution is 1.16. The summed E-state index contributed by atoms with van der Waals surface area (Å²) in [5, 5.41) is 9.65. The van der Waals surface area contributed by atoms with Crippen LogP contribution in [0.25, 0.3) is 110 Å². The van der Waals surface area contributed by atoms with E-state index in [1.165, 1.54) is 65.2 Å². The van der Waals surface area contributed by atoms with E-state index in [2.05, 4.69) is 249 Å². The van der Waals surface area contributed by atoms with Gasteiger partial charge in [-0.2, -0.15) is 0 Å². The van der Waals surface area contributed by atoms with Crippen molar-refractivity contribution in [3.8, 4) is 22.7 Å². The Bertz CT molecular complexity index is 3990. The van der Waals surface area contributed by atoms with Crippen molar-refractivity contribution in [1.82, 2.24) is 18.3 Å². The summed E-state index contributed by atoms with van der Waals surface area (Å²) in [6, 6.07) is 83.5. The normalized spacial score (nSPS) is 12.0. The lowest BCUT2D eigenvalue weighted by atomic mass is 9.99. The molecule has 0 spiro atoms. The van der Waals surface area contributed by atoms with Gasteiger partial charge in [-0.3, -0.25) is 0 Å². The number of hydrogen-bond acceptors (Lipinski definition) is 1. The Hall–Kier alpha value is -8.51. The molecule has 0 aliphatic heterocycles. The number of hydrogen-bond donors (Lipinski definition) is 0.